The van der Waals surface area contributed by atoms with E-state index < -0.39 is 5.97 Å². The number of nitrogens with zero attached hydrogens (tertiary/aromatic N) is 1. The molecule has 0 saturated heterocycles. The number of carboxylic acid groups (broad SMARTS) is 1. The summed E-state index contributed by atoms with van der Waals surface area (Å²) in [5, 5.41) is 11.4. The van der Waals surface area contributed by atoms with Gasteiger partial charge >= 0.3 is 5.97 Å². The Hall–Kier alpha value is -2.98. The van der Waals surface area contributed by atoms with Crippen molar-refractivity contribution in [2.75, 3.05) is 71.9 Å². The minimum atomic E-state index is -1.08. The SMILES string of the molecule is COCCOCCOCCOCCOCCn1cc(N[C-]=O)cc1C(=O)O.[Fm]. The molecule has 0 bridgehead atoms. The van der Waals surface area contributed by atoms with Gasteiger partial charge in [0.25, 0.3) is 0 Å². The van der Waals surface area contributed by atoms with Gasteiger partial charge in [0.05, 0.1) is 65.9 Å². The quantitative estimate of drug-likeness (QED) is 0.134. The number of hydrogen-bond acceptors (Lipinski definition) is 7. The third-order valence-electron chi connectivity index (χ3n) is 3.34. The molecule has 0 aromatic carbocycles. The molecule has 0 radical (unpaired) electrons. The number of anilines is 1. The van der Waals surface area contributed by atoms with Crippen molar-refractivity contribution in [2.24, 2.45) is 0 Å². The summed E-state index contributed by atoms with van der Waals surface area (Å²) >= 11 is 0. The number of carboxylic acids is 1. The van der Waals surface area contributed by atoms with Crippen molar-refractivity contribution < 1.29 is 38.4 Å². The van der Waals surface area contributed by atoms with Crippen LogP contribution in [0.15, 0.2) is 12.3 Å². The van der Waals surface area contributed by atoms with Crippen LogP contribution in [-0.2, 0) is 35.0 Å². The minimum absolute atomic E-state index is 0. The maximum absolute atomic E-state index is 11.2. The number of rotatable bonds is 18. The van der Waals surface area contributed by atoms with Gasteiger partial charge in [0.1, 0.15) is 5.69 Å². The van der Waals surface area contributed by atoms with E-state index in [0.717, 1.165) is 0 Å². The smallest absolute Gasteiger partial charge is 0.350 e. The third-order valence-corrected chi connectivity index (χ3v) is 3.34. The van der Waals surface area contributed by atoms with Crippen LogP contribution in [0.2, 0.25) is 0 Å². The Bertz CT molecular complexity index is 541. The number of aromatic nitrogens is 1. The molecule has 0 saturated carbocycles. The fraction of sp³-hybridized carbons (Fsp3) is 0.647. The Morgan fingerprint density at radius 2 is 1.50 bits per heavy atom. The molecule has 1 amide bonds. The maximum atomic E-state index is 11.2. The number of nitrogens with one attached hydrogen (secondary N) is 1. The summed E-state index contributed by atoms with van der Waals surface area (Å²) in [4.78, 5) is 21.5. The molecule has 2 N–H and O–H groups in total. The predicted octanol–water partition coefficient (Wildman–Crippen LogP) is 0.378. The molecular formula is C17H27FmN2O8-. The number of amides is 1. The average Bonchev–Trinajstić information content (AvgIpc) is 3.05. The van der Waals surface area contributed by atoms with Gasteiger partial charge in [-0.1, -0.05) is 18.0 Å². The largest absolute Gasteiger partial charge is 0.489 e. The molecule has 0 spiro atoms. The standard InChI is InChI=1S/C17H27N2O8.Fm/c1-23-4-5-25-8-9-27-11-10-26-7-6-24-3-2-19-13-15(18-14-20)12-16(19)17(21)22;/h12-13H,2-11H2,1H3,(H,18,20)(H,21,22);/q-1;. The minimum Gasteiger partial charge on any atom is -0.489 e. The summed E-state index contributed by atoms with van der Waals surface area (Å²) in [5.41, 5.74) is 0.436. The monoisotopic (exact) mass is 644 g/mol. The van der Waals surface area contributed by atoms with Crippen LogP contribution in [-0.4, -0.2) is 88.6 Å². The van der Waals surface area contributed by atoms with Crippen LogP contribution in [0.25, 0.3) is 0 Å². The van der Waals surface area contributed by atoms with Crippen molar-refractivity contribution in [3.05, 3.63) is 18.0 Å². The number of carbonyl (C=O) groups excluding carboxylic acids is 1. The molecule has 0 unspecified atom stereocenters. The zero-order chi connectivity index (χ0) is 19.7. The second kappa shape index (κ2) is 16.2. The van der Waals surface area contributed by atoms with Crippen molar-refractivity contribution in [3.8, 4) is 0 Å². The van der Waals surface area contributed by atoms with Crippen molar-refractivity contribution in [1.29, 1.82) is 0 Å². The number of hydrogen-bond donors (Lipinski definition) is 2. The Labute approximate surface area is 158 Å². The molecular weight excluding hydrogens is 617 g/mol. The maximum Gasteiger partial charge on any atom is 0.350 e. The first-order valence-electron chi connectivity index (χ1n) is 8.55. The Morgan fingerprint density at radius 1 is 1.00 bits per heavy atom. The first kappa shape index (κ1) is 25.0. The van der Waals surface area contributed by atoms with E-state index in [1.165, 1.54) is 23.2 Å². The van der Waals surface area contributed by atoms with E-state index in [-0.39, 0.29) is 5.69 Å². The first-order chi connectivity index (χ1) is 13.2. The van der Waals surface area contributed by atoms with Gasteiger partial charge in [-0.2, -0.15) is 0 Å². The fourth-order valence-corrected chi connectivity index (χ4v) is 2.07. The van der Waals surface area contributed by atoms with E-state index >= 15 is 0 Å². The molecule has 10 nitrogen and oxygen atoms in total. The van der Waals surface area contributed by atoms with Gasteiger partial charge in [-0.3, -0.25) is 0 Å². The van der Waals surface area contributed by atoms with Crippen LogP contribution >= 0.6 is 0 Å². The van der Waals surface area contributed by atoms with Crippen LogP contribution < -0.4 is 5.32 Å². The topological polar surface area (TPSA) is 117 Å². The van der Waals surface area contributed by atoms with Gasteiger partial charge in [0.2, 0.25) is 0 Å². The Kier molecular flexibility index (Phi) is 14.5. The zero-order valence-corrected chi connectivity index (χ0v) is 18.2. The average molecular weight is 644 g/mol. The van der Waals surface area contributed by atoms with Crippen LogP contribution in [0.4, 0.5) is 5.69 Å². The van der Waals surface area contributed by atoms with Gasteiger partial charge in [-0.15, -0.1) is 0 Å². The van der Waals surface area contributed by atoms with E-state index in [2.05, 4.69) is 5.32 Å². The van der Waals surface area contributed by atoms with Gasteiger partial charge in [0.15, 0.2) is 0 Å². The summed E-state index contributed by atoms with van der Waals surface area (Å²) in [7, 11) is 1.62. The van der Waals surface area contributed by atoms with Crippen molar-refractivity contribution in [3.63, 3.8) is 0 Å². The number of carbonyl (C=O) groups is 1. The van der Waals surface area contributed by atoms with E-state index in [4.69, 9.17) is 28.8 Å². The van der Waals surface area contributed by atoms with Crippen molar-refractivity contribution in [2.45, 2.75) is 6.54 Å². The second-order valence-electron chi connectivity index (χ2n) is 5.28. The number of ether oxygens (including phenoxy) is 5. The molecule has 0 atom stereocenters. The molecule has 1 rings (SSSR count). The summed E-state index contributed by atoms with van der Waals surface area (Å²) in [6, 6.07) is 1.36. The third kappa shape index (κ3) is 10.9. The van der Waals surface area contributed by atoms with E-state index in [9.17, 15) is 9.59 Å². The summed E-state index contributed by atoms with van der Waals surface area (Å²) in [6.07, 6.45) is 3.03. The van der Waals surface area contributed by atoms with Gasteiger partial charge in [-0.25, -0.2) is 4.79 Å². The van der Waals surface area contributed by atoms with Crippen LogP contribution in [0.3, 0.4) is 0 Å². The van der Waals surface area contributed by atoms with Crippen LogP contribution in [0.5, 0.6) is 0 Å². The van der Waals surface area contributed by atoms with Gasteiger partial charge in [-0.05, 0) is 0 Å². The van der Waals surface area contributed by atoms with Gasteiger partial charge < -0.3 is 43.5 Å². The molecule has 0 aliphatic carbocycles. The summed E-state index contributed by atoms with van der Waals surface area (Å²) < 4.78 is 27.7. The number of methoxy groups -OCH3 is 1. The molecule has 0 aliphatic heterocycles. The first-order valence-corrected chi connectivity index (χ1v) is 8.55. The molecule has 1 heterocycles. The summed E-state index contributed by atoms with van der Waals surface area (Å²) in [6.45, 7) is 4.54. The van der Waals surface area contributed by atoms with E-state index in [1.54, 1.807) is 7.11 Å². The molecule has 166 valence electrons. The van der Waals surface area contributed by atoms with Crippen molar-refractivity contribution in [1.82, 2.24) is 4.57 Å². The van der Waals surface area contributed by atoms with Crippen molar-refractivity contribution >= 4 is 18.1 Å². The predicted molar refractivity (Wildman–Crippen MR) is 95.9 cm³/mol. The molecule has 1 aromatic rings. The molecule has 0 aliphatic rings. The van der Waals surface area contributed by atoms with E-state index in [0.29, 0.717) is 71.7 Å². The van der Waals surface area contributed by atoms with Gasteiger partial charge in [0, 0.05) is 13.7 Å². The molecule has 11 heteroatoms. The molecule has 28 heavy (non-hydrogen) atoms. The number of aromatic carboxylic acids is 1. The summed E-state index contributed by atoms with van der Waals surface area (Å²) in [5.74, 6) is -1.08. The normalized spacial score (nSPS) is 10.5. The Balaban J connectivity index is 0.00000729. The Morgan fingerprint density at radius 3 is 1.96 bits per heavy atom. The fourth-order valence-electron chi connectivity index (χ4n) is 2.07. The van der Waals surface area contributed by atoms with Crippen LogP contribution in [0, 0.1) is 0 Å². The second-order valence-corrected chi connectivity index (χ2v) is 5.28. The molecule has 0 fully saturated rings. The van der Waals surface area contributed by atoms with E-state index in [1.807, 2.05) is 0 Å². The zero-order valence-electron chi connectivity index (χ0n) is 15.8. The van der Waals surface area contributed by atoms with Crippen LogP contribution in [0.1, 0.15) is 10.5 Å². The molecule has 1 aromatic heterocycles.